The number of para-hydroxylation sites is 2. The largest absolute Gasteiger partial charge is 0.382 e. The van der Waals surface area contributed by atoms with Gasteiger partial charge in [-0.25, -0.2) is 0 Å². The van der Waals surface area contributed by atoms with Gasteiger partial charge >= 0.3 is 0 Å². The van der Waals surface area contributed by atoms with Crippen molar-refractivity contribution in [3.05, 3.63) is 96.6 Å². The van der Waals surface area contributed by atoms with E-state index in [-0.39, 0.29) is 0 Å². The second-order valence-corrected chi connectivity index (χ2v) is 9.08. The van der Waals surface area contributed by atoms with Gasteiger partial charge in [-0.2, -0.15) is 0 Å². The molecule has 0 unspecified atom stereocenters. The van der Waals surface area contributed by atoms with Crippen molar-refractivity contribution in [1.29, 1.82) is 0 Å². The molecule has 0 bridgehead atoms. The molecule has 2 heterocycles. The second kappa shape index (κ2) is 13.0. The standard InChI is InChI=1S/C18H22N2.C11H16N2/c1-3-7-16(8-4-1)15-20-13-11-18(12-14-20)19-17-9-5-2-6-10-17;1-2-4-10(5-3-1)13-11-6-8-12-9-7-11/h1-10,18-19H,11-15H2;1-5,11-13H,6-9H2. The Kier molecular flexibility index (Phi) is 9.21. The van der Waals surface area contributed by atoms with E-state index < -0.39 is 0 Å². The predicted octanol–water partition coefficient (Wildman–Crippen LogP) is 5.61. The molecule has 3 aromatic rings. The van der Waals surface area contributed by atoms with Crippen LogP contribution in [0.2, 0.25) is 0 Å². The fourth-order valence-electron chi connectivity index (χ4n) is 4.58. The topological polar surface area (TPSA) is 39.3 Å². The molecular weight excluding hydrogens is 404 g/mol. The number of anilines is 2. The summed E-state index contributed by atoms with van der Waals surface area (Å²) in [5, 5.41) is 10.5. The van der Waals surface area contributed by atoms with Crippen molar-refractivity contribution in [3.8, 4) is 0 Å². The maximum Gasteiger partial charge on any atom is 0.0342 e. The van der Waals surface area contributed by atoms with Gasteiger partial charge in [0.05, 0.1) is 0 Å². The van der Waals surface area contributed by atoms with Crippen molar-refractivity contribution in [2.45, 2.75) is 44.3 Å². The second-order valence-electron chi connectivity index (χ2n) is 9.08. The van der Waals surface area contributed by atoms with E-state index in [0.29, 0.717) is 12.1 Å². The highest BCUT2D eigenvalue weighted by Crippen LogP contribution is 2.18. The SMILES string of the molecule is c1ccc(CN2CCC(Nc3ccccc3)CC2)cc1.c1ccc(NC2CCNCC2)cc1. The van der Waals surface area contributed by atoms with Crippen LogP contribution >= 0.6 is 0 Å². The quantitative estimate of drug-likeness (QED) is 0.464. The summed E-state index contributed by atoms with van der Waals surface area (Å²) in [7, 11) is 0. The van der Waals surface area contributed by atoms with Gasteiger partial charge < -0.3 is 16.0 Å². The molecule has 4 heteroatoms. The number of benzene rings is 3. The molecule has 2 fully saturated rings. The third-order valence-electron chi connectivity index (χ3n) is 6.46. The number of piperidine rings is 2. The van der Waals surface area contributed by atoms with Crippen LogP contribution in [0.4, 0.5) is 11.4 Å². The Morgan fingerprint density at radius 1 is 0.606 bits per heavy atom. The normalized spacial score (nSPS) is 17.6. The Bertz CT molecular complexity index is 837. The van der Waals surface area contributed by atoms with Gasteiger partial charge in [-0.15, -0.1) is 0 Å². The van der Waals surface area contributed by atoms with Gasteiger partial charge in [0.15, 0.2) is 0 Å². The molecule has 3 N–H and O–H groups in total. The first-order valence-electron chi connectivity index (χ1n) is 12.5. The van der Waals surface area contributed by atoms with Crippen LogP contribution in [-0.4, -0.2) is 43.2 Å². The molecular formula is C29H38N4. The lowest BCUT2D eigenvalue weighted by atomic mass is 10.0. The minimum atomic E-state index is 0.615. The maximum atomic E-state index is 3.64. The highest BCUT2D eigenvalue weighted by Gasteiger charge is 2.18. The van der Waals surface area contributed by atoms with Gasteiger partial charge in [0, 0.05) is 43.1 Å². The molecule has 2 aliphatic heterocycles. The van der Waals surface area contributed by atoms with E-state index in [1.165, 1.54) is 55.7 Å². The van der Waals surface area contributed by atoms with E-state index >= 15 is 0 Å². The number of nitrogens with one attached hydrogen (secondary N) is 3. The molecule has 0 saturated carbocycles. The summed E-state index contributed by atoms with van der Waals surface area (Å²) in [4.78, 5) is 2.55. The summed E-state index contributed by atoms with van der Waals surface area (Å²) in [5.41, 5.74) is 3.91. The summed E-state index contributed by atoms with van der Waals surface area (Å²) in [5.74, 6) is 0. The van der Waals surface area contributed by atoms with Crippen LogP contribution < -0.4 is 16.0 Å². The van der Waals surface area contributed by atoms with Crippen LogP contribution in [0.15, 0.2) is 91.0 Å². The first-order chi connectivity index (χ1) is 16.3. The van der Waals surface area contributed by atoms with E-state index in [2.05, 4.69) is 106 Å². The molecule has 33 heavy (non-hydrogen) atoms. The summed E-state index contributed by atoms with van der Waals surface area (Å²) in [6, 6.07) is 33.0. The van der Waals surface area contributed by atoms with Crippen molar-refractivity contribution in [1.82, 2.24) is 10.2 Å². The molecule has 5 rings (SSSR count). The van der Waals surface area contributed by atoms with E-state index in [4.69, 9.17) is 0 Å². The molecule has 0 amide bonds. The fourth-order valence-corrected chi connectivity index (χ4v) is 4.58. The summed E-state index contributed by atoms with van der Waals surface area (Å²) in [6.07, 6.45) is 4.91. The highest BCUT2D eigenvalue weighted by molar-refractivity contribution is 5.44. The van der Waals surface area contributed by atoms with Crippen molar-refractivity contribution in [2.24, 2.45) is 0 Å². The number of hydrogen-bond donors (Lipinski definition) is 3. The van der Waals surface area contributed by atoms with Crippen LogP contribution in [0.3, 0.4) is 0 Å². The van der Waals surface area contributed by atoms with Gasteiger partial charge in [0.1, 0.15) is 0 Å². The number of nitrogens with zero attached hydrogens (tertiary/aromatic N) is 1. The van der Waals surface area contributed by atoms with Gasteiger partial charge in [-0.1, -0.05) is 66.7 Å². The van der Waals surface area contributed by atoms with Crippen LogP contribution in [0, 0.1) is 0 Å². The third-order valence-corrected chi connectivity index (χ3v) is 6.46. The Labute approximate surface area is 199 Å². The average Bonchev–Trinajstić information content (AvgIpc) is 2.88. The zero-order valence-electron chi connectivity index (χ0n) is 19.6. The first-order valence-corrected chi connectivity index (χ1v) is 12.5. The molecule has 2 aliphatic rings. The first kappa shape index (κ1) is 23.3. The van der Waals surface area contributed by atoms with Gasteiger partial charge in [0.25, 0.3) is 0 Å². The van der Waals surface area contributed by atoms with Gasteiger partial charge in [-0.3, -0.25) is 4.90 Å². The minimum Gasteiger partial charge on any atom is -0.382 e. The van der Waals surface area contributed by atoms with Crippen molar-refractivity contribution in [2.75, 3.05) is 36.8 Å². The molecule has 3 aromatic carbocycles. The lowest BCUT2D eigenvalue weighted by molar-refractivity contribution is 0.211. The van der Waals surface area contributed by atoms with E-state index in [0.717, 1.165) is 19.6 Å². The summed E-state index contributed by atoms with van der Waals surface area (Å²) < 4.78 is 0. The molecule has 2 saturated heterocycles. The molecule has 0 spiro atoms. The van der Waals surface area contributed by atoms with E-state index in [9.17, 15) is 0 Å². The zero-order chi connectivity index (χ0) is 22.6. The molecule has 4 nitrogen and oxygen atoms in total. The predicted molar refractivity (Wildman–Crippen MR) is 141 cm³/mol. The average molecular weight is 443 g/mol. The van der Waals surface area contributed by atoms with Crippen LogP contribution in [-0.2, 0) is 6.54 Å². The number of rotatable bonds is 6. The molecule has 0 radical (unpaired) electrons. The Morgan fingerprint density at radius 2 is 1.06 bits per heavy atom. The lowest BCUT2D eigenvalue weighted by Gasteiger charge is -2.32. The monoisotopic (exact) mass is 442 g/mol. The van der Waals surface area contributed by atoms with Crippen molar-refractivity contribution >= 4 is 11.4 Å². The van der Waals surface area contributed by atoms with Crippen LogP contribution in [0.25, 0.3) is 0 Å². The van der Waals surface area contributed by atoms with Crippen LogP contribution in [0.1, 0.15) is 31.2 Å². The lowest BCUT2D eigenvalue weighted by Crippen LogP contribution is -2.38. The Hall–Kier alpha value is -2.82. The molecule has 0 aromatic heterocycles. The zero-order valence-corrected chi connectivity index (χ0v) is 19.6. The van der Waals surface area contributed by atoms with E-state index in [1.807, 2.05) is 6.07 Å². The van der Waals surface area contributed by atoms with Crippen LogP contribution in [0.5, 0.6) is 0 Å². The van der Waals surface area contributed by atoms with Crippen molar-refractivity contribution < 1.29 is 0 Å². The summed E-state index contributed by atoms with van der Waals surface area (Å²) in [6.45, 7) is 5.73. The van der Waals surface area contributed by atoms with E-state index in [1.54, 1.807) is 0 Å². The van der Waals surface area contributed by atoms with Gasteiger partial charge in [-0.05, 0) is 68.6 Å². The minimum absolute atomic E-state index is 0.615. The highest BCUT2D eigenvalue weighted by atomic mass is 15.1. The third kappa shape index (κ3) is 8.23. The Balaban J connectivity index is 0.000000172. The van der Waals surface area contributed by atoms with Crippen molar-refractivity contribution in [3.63, 3.8) is 0 Å². The molecule has 0 aliphatic carbocycles. The molecule has 174 valence electrons. The summed E-state index contributed by atoms with van der Waals surface area (Å²) >= 11 is 0. The fraction of sp³-hybridized carbons (Fsp3) is 0.379. The van der Waals surface area contributed by atoms with Gasteiger partial charge in [0.2, 0.25) is 0 Å². The smallest absolute Gasteiger partial charge is 0.0342 e. The number of likely N-dealkylation sites (tertiary alicyclic amines) is 1. The number of hydrogen-bond acceptors (Lipinski definition) is 4. The Morgan fingerprint density at radius 3 is 1.58 bits per heavy atom. The maximum absolute atomic E-state index is 3.64. The molecule has 0 atom stereocenters.